The highest BCUT2D eigenvalue weighted by Crippen LogP contribution is 2.33. The number of hydrogen-bond donors (Lipinski definition) is 1. The summed E-state index contributed by atoms with van der Waals surface area (Å²) in [5, 5.41) is 0.926. The zero-order valence-corrected chi connectivity index (χ0v) is 7.08. The zero-order valence-electron chi connectivity index (χ0n) is 7.08. The first-order valence-corrected chi connectivity index (χ1v) is 4.37. The number of rotatable bonds is 0. The van der Waals surface area contributed by atoms with Crippen molar-refractivity contribution < 1.29 is 4.42 Å². The van der Waals surface area contributed by atoms with Crippen LogP contribution in [0.4, 0.5) is 5.82 Å². The molecule has 0 radical (unpaired) electrons. The first-order chi connectivity index (χ1) is 6.36. The molecule has 1 aliphatic carbocycles. The van der Waals surface area contributed by atoms with Gasteiger partial charge in [0.2, 0.25) is 5.71 Å². The molecule has 0 atom stereocenters. The summed E-state index contributed by atoms with van der Waals surface area (Å²) in [5.74, 6) is 1.58. The van der Waals surface area contributed by atoms with Gasteiger partial charge in [0, 0.05) is 12.0 Å². The van der Waals surface area contributed by atoms with Gasteiger partial charge in [-0.15, -0.1) is 0 Å². The molecule has 3 rings (SSSR count). The minimum absolute atomic E-state index is 0.539. The molecule has 0 amide bonds. The summed E-state index contributed by atoms with van der Waals surface area (Å²) in [5.41, 5.74) is 7.61. The second-order valence-corrected chi connectivity index (χ2v) is 3.30. The Balaban J connectivity index is 2.46. The molecule has 0 saturated carbocycles. The van der Waals surface area contributed by atoms with Crippen LogP contribution in [0.15, 0.2) is 10.7 Å². The smallest absolute Gasteiger partial charge is 0.231 e. The molecule has 4 nitrogen and oxygen atoms in total. The first-order valence-electron chi connectivity index (χ1n) is 4.37. The number of fused-ring (bicyclic) bond motifs is 3. The quantitative estimate of drug-likeness (QED) is 0.655. The van der Waals surface area contributed by atoms with Crippen LogP contribution in [-0.4, -0.2) is 9.97 Å². The first kappa shape index (κ1) is 6.88. The topological polar surface area (TPSA) is 64.9 Å². The molecular weight excluding hydrogens is 166 g/mol. The molecular formula is C9H9N3O. The molecule has 4 heteroatoms. The van der Waals surface area contributed by atoms with Crippen molar-refractivity contribution in [2.24, 2.45) is 0 Å². The van der Waals surface area contributed by atoms with Crippen LogP contribution in [0.1, 0.15) is 17.7 Å². The van der Waals surface area contributed by atoms with Crippen LogP contribution in [0.2, 0.25) is 0 Å². The molecule has 0 aliphatic heterocycles. The van der Waals surface area contributed by atoms with Crippen LogP contribution in [0.25, 0.3) is 11.1 Å². The monoisotopic (exact) mass is 175 g/mol. The lowest BCUT2D eigenvalue weighted by molar-refractivity contribution is 0.546. The van der Waals surface area contributed by atoms with E-state index in [1.54, 1.807) is 0 Å². The normalized spacial score (nSPS) is 15.1. The Morgan fingerprint density at radius 1 is 1.31 bits per heavy atom. The summed E-state index contributed by atoms with van der Waals surface area (Å²) >= 11 is 0. The van der Waals surface area contributed by atoms with E-state index >= 15 is 0 Å². The van der Waals surface area contributed by atoms with E-state index in [9.17, 15) is 0 Å². The number of nitrogen functional groups attached to an aromatic ring is 1. The molecule has 2 aromatic rings. The van der Waals surface area contributed by atoms with Crippen molar-refractivity contribution in [3.8, 4) is 0 Å². The third-order valence-electron chi connectivity index (χ3n) is 2.53. The van der Waals surface area contributed by atoms with Crippen LogP contribution >= 0.6 is 0 Å². The SMILES string of the molecule is Nc1ncnc2oc3c(c12)CCC3. The highest BCUT2D eigenvalue weighted by Gasteiger charge is 2.21. The molecule has 2 aromatic heterocycles. The lowest BCUT2D eigenvalue weighted by atomic mass is 10.2. The van der Waals surface area contributed by atoms with E-state index in [-0.39, 0.29) is 0 Å². The van der Waals surface area contributed by atoms with Crippen LogP contribution in [0, 0.1) is 0 Å². The molecule has 0 bridgehead atoms. The highest BCUT2D eigenvalue weighted by atomic mass is 16.3. The number of nitrogens with two attached hydrogens (primary N) is 1. The number of nitrogens with zero attached hydrogens (tertiary/aromatic N) is 2. The second kappa shape index (κ2) is 2.22. The molecule has 0 aromatic carbocycles. The van der Waals surface area contributed by atoms with Crippen molar-refractivity contribution in [3.05, 3.63) is 17.7 Å². The fourth-order valence-corrected chi connectivity index (χ4v) is 1.95. The summed E-state index contributed by atoms with van der Waals surface area (Å²) in [7, 11) is 0. The van der Waals surface area contributed by atoms with Gasteiger partial charge in [-0.25, -0.2) is 9.97 Å². The van der Waals surface area contributed by atoms with Crippen molar-refractivity contribution in [3.63, 3.8) is 0 Å². The molecule has 0 unspecified atom stereocenters. The van der Waals surface area contributed by atoms with Gasteiger partial charge in [0.05, 0.1) is 5.39 Å². The fourth-order valence-electron chi connectivity index (χ4n) is 1.95. The van der Waals surface area contributed by atoms with Crippen LogP contribution < -0.4 is 5.73 Å². The summed E-state index contributed by atoms with van der Waals surface area (Å²) < 4.78 is 5.56. The summed E-state index contributed by atoms with van der Waals surface area (Å²) in [6.07, 6.45) is 4.64. The van der Waals surface area contributed by atoms with E-state index in [0.29, 0.717) is 11.5 Å². The molecule has 2 heterocycles. The van der Waals surface area contributed by atoms with Crippen LogP contribution in [0.3, 0.4) is 0 Å². The lowest BCUT2D eigenvalue weighted by Crippen LogP contribution is -1.92. The van der Waals surface area contributed by atoms with E-state index in [1.165, 1.54) is 11.9 Å². The highest BCUT2D eigenvalue weighted by molar-refractivity contribution is 5.88. The fraction of sp³-hybridized carbons (Fsp3) is 0.333. The molecule has 2 N–H and O–H groups in total. The average Bonchev–Trinajstić information content (AvgIpc) is 2.62. The van der Waals surface area contributed by atoms with Crippen molar-refractivity contribution in [2.45, 2.75) is 19.3 Å². The van der Waals surface area contributed by atoms with E-state index in [1.807, 2.05) is 0 Å². The Bertz CT molecular complexity index is 475. The van der Waals surface area contributed by atoms with Gasteiger partial charge >= 0.3 is 0 Å². The second-order valence-electron chi connectivity index (χ2n) is 3.30. The van der Waals surface area contributed by atoms with E-state index in [2.05, 4.69) is 9.97 Å². The summed E-state index contributed by atoms with van der Waals surface area (Å²) in [6.45, 7) is 0. The van der Waals surface area contributed by atoms with Gasteiger partial charge in [-0.3, -0.25) is 0 Å². The Morgan fingerprint density at radius 2 is 2.23 bits per heavy atom. The van der Waals surface area contributed by atoms with Crippen molar-refractivity contribution >= 4 is 16.9 Å². The van der Waals surface area contributed by atoms with E-state index in [4.69, 9.17) is 10.2 Å². The standard InChI is InChI=1S/C9H9N3O/c10-8-7-5-2-1-3-6(5)13-9(7)12-4-11-8/h4H,1-3H2,(H2,10,11,12). The largest absolute Gasteiger partial charge is 0.442 e. The molecule has 66 valence electrons. The number of anilines is 1. The van der Waals surface area contributed by atoms with Crippen LogP contribution in [0.5, 0.6) is 0 Å². The Labute approximate surface area is 74.8 Å². The minimum Gasteiger partial charge on any atom is -0.442 e. The maximum atomic E-state index is 5.76. The number of aryl methyl sites for hydroxylation is 2. The third kappa shape index (κ3) is 0.798. The number of aromatic nitrogens is 2. The molecule has 13 heavy (non-hydrogen) atoms. The average molecular weight is 175 g/mol. The van der Waals surface area contributed by atoms with E-state index < -0.39 is 0 Å². The minimum atomic E-state index is 0.539. The summed E-state index contributed by atoms with van der Waals surface area (Å²) in [4.78, 5) is 8.01. The van der Waals surface area contributed by atoms with Crippen LogP contribution in [-0.2, 0) is 12.8 Å². The Hall–Kier alpha value is -1.58. The van der Waals surface area contributed by atoms with Crippen molar-refractivity contribution in [2.75, 3.05) is 5.73 Å². The van der Waals surface area contributed by atoms with Gasteiger partial charge in [-0.05, 0) is 12.8 Å². The maximum absolute atomic E-state index is 5.76. The summed E-state index contributed by atoms with van der Waals surface area (Å²) in [6, 6.07) is 0. The molecule has 0 fully saturated rings. The Morgan fingerprint density at radius 3 is 3.15 bits per heavy atom. The molecule has 0 saturated heterocycles. The third-order valence-corrected chi connectivity index (χ3v) is 2.53. The van der Waals surface area contributed by atoms with Crippen molar-refractivity contribution in [1.82, 2.24) is 9.97 Å². The Kier molecular flexibility index (Phi) is 1.17. The lowest BCUT2D eigenvalue weighted by Gasteiger charge is -1.94. The van der Waals surface area contributed by atoms with E-state index in [0.717, 1.165) is 30.4 Å². The van der Waals surface area contributed by atoms with Gasteiger partial charge in [-0.2, -0.15) is 0 Å². The van der Waals surface area contributed by atoms with Gasteiger partial charge in [0.25, 0.3) is 0 Å². The zero-order chi connectivity index (χ0) is 8.84. The van der Waals surface area contributed by atoms with Gasteiger partial charge in [0.15, 0.2) is 0 Å². The number of furan rings is 1. The van der Waals surface area contributed by atoms with Gasteiger partial charge < -0.3 is 10.2 Å². The predicted octanol–water partition coefficient (Wildman–Crippen LogP) is 1.29. The van der Waals surface area contributed by atoms with Gasteiger partial charge in [-0.1, -0.05) is 0 Å². The van der Waals surface area contributed by atoms with Crippen molar-refractivity contribution in [1.29, 1.82) is 0 Å². The predicted molar refractivity (Wildman–Crippen MR) is 48.2 cm³/mol. The number of hydrogen-bond acceptors (Lipinski definition) is 4. The maximum Gasteiger partial charge on any atom is 0.231 e. The molecule has 0 spiro atoms. The van der Waals surface area contributed by atoms with Gasteiger partial charge in [0.1, 0.15) is 17.9 Å². The molecule has 1 aliphatic rings.